The average molecular weight is 287 g/mol. The maximum absolute atomic E-state index is 12.3. The molecule has 21 heavy (non-hydrogen) atoms. The van der Waals surface area contributed by atoms with Gasteiger partial charge in [0.1, 0.15) is 11.6 Å². The minimum atomic E-state index is -0.491. The van der Waals surface area contributed by atoms with E-state index in [9.17, 15) is 9.59 Å². The van der Waals surface area contributed by atoms with E-state index < -0.39 is 5.69 Å². The van der Waals surface area contributed by atoms with Gasteiger partial charge in [-0.25, -0.2) is 9.78 Å². The number of nitrogens with zero attached hydrogens (tertiary/aromatic N) is 2. The van der Waals surface area contributed by atoms with Crippen molar-refractivity contribution in [3.8, 4) is 5.75 Å². The molecule has 1 aromatic heterocycles. The molecule has 0 radical (unpaired) electrons. The number of benzene rings is 1. The number of aromatic nitrogens is 2. The summed E-state index contributed by atoms with van der Waals surface area (Å²) in [4.78, 5) is 31.2. The van der Waals surface area contributed by atoms with E-state index in [0.717, 1.165) is 0 Å². The number of amides is 1. The fraction of sp³-hybridized carbons (Fsp3) is 0.267. The van der Waals surface area contributed by atoms with E-state index in [0.29, 0.717) is 11.6 Å². The summed E-state index contributed by atoms with van der Waals surface area (Å²) in [7, 11) is 0. The zero-order valence-electron chi connectivity index (χ0n) is 11.9. The second-order valence-corrected chi connectivity index (χ2v) is 4.72. The Balaban J connectivity index is 2.11. The normalized spacial score (nSPS) is 10.4. The van der Waals surface area contributed by atoms with Crippen LogP contribution >= 0.6 is 0 Å². The molecule has 110 valence electrons. The summed E-state index contributed by atoms with van der Waals surface area (Å²) < 4.78 is 5.45. The van der Waals surface area contributed by atoms with Crippen molar-refractivity contribution in [2.24, 2.45) is 0 Å². The standard InChI is InChI=1S/C15H17N3O3/c1-11(2)18(13-8-9-16-15(20)17-13)14(19)10-21-12-6-4-3-5-7-12/h3-9,11H,10H2,1-2H3,(H,16,17,20). The Morgan fingerprint density at radius 2 is 2.00 bits per heavy atom. The third kappa shape index (κ3) is 3.92. The molecule has 6 heteroatoms. The molecule has 6 nitrogen and oxygen atoms in total. The van der Waals surface area contributed by atoms with Crippen molar-refractivity contribution in [3.05, 3.63) is 53.1 Å². The molecule has 2 rings (SSSR count). The molecular formula is C15H17N3O3. The van der Waals surface area contributed by atoms with Gasteiger partial charge in [0.15, 0.2) is 6.61 Å². The van der Waals surface area contributed by atoms with Gasteiger partial charge in [-0.15, -0.1) is 0 Å². The number of anilines is 1. The second-order valence-electron chi connectivity index (χ2n) is 4.72. The SMILES string of the molecule is CC(C)N(C(=O)COc1ccccc1)c1ccnc(=O)[nH]1. The molecule has 0 fully saturated rings. The molecule has 0 bridgehead atoms. The van der Waals surface area contributed by atoms with Gasteiger partial charge in [0.05, 0.1) is 0 Å². The highest BCUT2D eigenvalue weighted by Gasteiger charge is 2.20. The van der Waals surface area contributed by atoms with Gasteiger partial charge in [-0.1, -0.05) is 18.2 Å². The van der Waals surface area contributed by atoms with Gasteiger partial charge in [0.25, 0.3) is 5.91 Å². The van der Waals surface area contributed by atoms with Crippen molar-refractivity contribution in [2.45, 2.75) is 19.9 Å². The van der Waals surface area contributed by atoms with Crippen LogP contribution in [0.1, 0.15) is 13.8 Å². The number of carbonyl (C=O) groups is 1. The zero-order valence-corrected chi connectivity index (χ0v) is 11.9. The molecule has 1 aromatic carbocycles. The zero-order chi connectivity index (χ0) is 15.2. The summed E-state index contributed by atoms with van der Waals surface area (Å²) in [6.07, 6.45) is 1.37. The van der Waals surface area contributed by atoms with Crippen LogP contribution in [0, 0.1) is 0 Å². The quantitative estimate of drug-likeness (QED) is 0.906. The monoisotopic (exact) mass is 287 g/mol. The molecule has 0 spiro atoms. The van der Waals surface area contributed by atoms with Gasteiger partial charge < -0.3 is 4.74 Å². The summed E-state index contributed by atoms with van der Waals surface area (Å²) >= 11 is 0. The molecule has 0 unspecified atom stereocenters. The molecule has 0 aliphatic rings. The van der Waals surface area contributed by atoms with Gasteiger partial charge in [-0.2, -0.15) is 0 Å². The average Bonchev–Trinajstić information content (AvgIpc) is 2.46. The second kappa shape index (κ2) is 6.69. The van der Waals surface area contributed by atoms with Crippen LogP contribution in [-0.4, -0.2) is 28.5 Å². The highest BCUT2D eigenvalue weighted by molar-refractivity contribution is 5.93. The summed E-state index contributed by atoms with van der Waals surface area (Å²) in [6.45, 7) is 3.62. The Morgan fingerprint density at radius 3 is 2.62 bits per heavy atom. The third-order valence-electron chi connectivity index (χ3n) is 2.81. The topological polar surface area (TPSA) is 75.3 Å². The number of hydrogen-bond acceptors (Lipinski definition) is 4. The Labute approximate surface area is 122 Å². The van der Waals surface area contributed by atoms with Crippen LogP contribution in [0.15, 0.2) is 47.4 Å². The van der Waals surface area contributed by atoms with Gasteiger partial charge >= 0.3 is 5.69 Å². The minimum absolute atomic E-state index is 0.105. The van der Waals surface area contributed by atoms with Crippen molar-refractivity contribution >= 4 is 11.7 Å². The van der Waals surface area contributed by atoms with Gasteiger partial charge in [0.2, 0.25) is 0 Å². The van der Waals surface area contributed by atoms with Crippen LogP contribution in [0.3, 0.4) is 0 Å². The fourth-order valence-electron chi connectivity index (χ4n) is 1.93. The van der Waals surface area contributed by atoms with Crippen molar-refractivity contribution in [2.75, 3.05) is 11.5 Å². The molecule has 1 N–H and O–H groups in total. The van der Waals surface area contributed by atoms with Gasteiger partial charge in [-0.3, -0.25) is 14.7 Å². The lowest BCUT2D eigenvalue weighted by Crippen LogP contribution is -2.41. The van der Waals surface area contributed by atoms with Crippen molar-refractivity contribution < 1.29 is 9.53 Å². The Bertz CT molecular complexity index is 652. The van der Waals surface area contributed by atoms with Crippen LogP contribution in [0.4, 0.5) is 5.82 Å². The van der Waals surface area contributed by atoms with Crippen LogP contribution in [0.25, 0.3) is 0 Å². The summed E-state index contributed by atoms with van der Waals surface area (Å²) in [5.41, 5.74) is -0.491. The van der Waals surface area contributed by atoms with E-state index in [1.54, 1.807) is 18.2 Å². The number of ether oxygens (including phenoxy) is 1. The molecule has 1 heterocycles. The predicted molar refractivity (Wildman–Crippen MR) is 79.4 cm³/mol. The molecule has 0 aliphatic heterocycles. The van der Waals surface area contributed by atoms with E-state index in [1.807, 2.05) is 32.0 Å². The first-order valence-corrected chi connectivity index (χ1v) is 6.63. The number of carbonyl (C=O) groups excluding carboxylic acids is 1. The number of H-pyrrole nitrogens is 1. The summed E-state index contributed by atoms with van der Waals surface area (Å²) in [5.74, 6) is 0.792. The van der Waals surface area contributed by atoms with Crippen LogP contribution in [0.5, 0.6) is 5.75 Å². The lowest BCUT2D eigenvalue weighted by atomic mass is 10.3. The maximum atomic E-state index is 12.3. The first-order valence-electron chi connectivity index (χ1n) is 6.63. The van der Waals surface area contributed by atoms with E-state index in [4.69, 9.17) is 4.74 Å². The Kier molecular flexibility index (Phi) is 4.71. The van der Waals surface area contributed by atoms with Crippen LogP contribution < -0.4 is 15.3 Å². The third-order valence-corrected chi connectivity index (χ3v) is 2.81. The number of para-hydroxylation sites is 1. The highest BCUT2D eigenvalue weighted by Crippen LogP contribution is 2.13. The number of aromatic amines is 1. The van der Waals surface area contributed by atoms with Crippen LogP contribution in [-0.2, 0) is 4.79 Å². The predicted octanol–water partition coefficient (Wildman–Crippen LogP) is 1.59. The lowest BCUT2D eigenvalue weighted by molar-refractivity contribution is -0.121. The lowest BCUT2D eigenvalue weighted by Gasteiger charge is -2.26. The molecular weight excluding hydrogens is 270 g/mol. The van der Waals surface area contributed by atoms with Crippen LogP contribution in [0.2, 0.25) is 0 Å². The number of rotatable bonds is 5. The maximum Gasteiger partial charge on any atom is 0.346 e. The first kappa shape index (κ1) is 14.8. The molecule has 2 aromatic rings. The molecule has 0 atom stereocenters. The van der Waals surface area contributed by atoms with E-state index in [-0.39, 0.29) is 18.6 Å². The van der Waals surface area contributed by atoms with Crippen molar-refractivity contribution in [1.29, 1.82) is 0 Å². The van der Waals surface area contributed by atoms with Crippen molar-refractivity contribution in [3.63, 3.8) is 0 Å². The number of nitrogens with one attached hydrogen (secondary N) is 1. The van der Waals surface area contributed by atoms with Crippen molar-refractivity contribution in [1.82, 2.24) is 9.97 Å². The smallest absolute Gasteiger partial charge is 0.346 e. The summed E-state index contributed by atoms with van der Waals surface area (Å²) in [6, 6.07) is 10.6. The molecule has 0 aliphatic carbocycles. The Morgan fingerprint density at radius 1 is 1.29 bits per heavy atom. The largest absolute Gasteiger partial charge is 0.484 e. The van der Waals surface area contributed by atoms with E-state index in [1.165, 1.54) is 11.1 Å². The Hall–Kier alpha value is -2.63. The van der Waals surface area contributed by atoms with E-state index in [2.05, 4.69) is 9.97 Å². The van der Waals surface area contributed by atoms with Gasteiger partial charge in [-0.05, 0) is 32.0 Å². The number of hydrogen-bond donors (Lipinski definition) is 1. The first-order chi connectivity index (χ1) is 10.1. The molecule has 1 amide bonds. The molecule has 0 saturated carbocycles. The summed E-state index contributed by atoms with van der Waals surface area (Å²) in [5, 5.41) is 0. The fourth-order valence-corrected chi connectivity index (χ4v) is 1.93. The molecule has 0 saturated heterocycles. The highest BCUT2D eigenvalue weighted by atomic mass is 16.5. The minimum Gasteiger partial charge on any atom is -0.484 e. The van der Waals surface area contributed by atoms with E-state index >= 15 is 0 Å². The van der Waals surface area contributed by atoms with Gasteiger partial charge in [0, 0.05) is 12.2 Å².